The Bertz CT molecular complexity index is 376. The lowest BCUT2D eigenvalue weighted by Gasteiger charge is -2.36. The molecule has 0 spiro atoms. The lowest BCUT2D eigenvalue weighted by Crippen LogP contribution is -2.56. The fourth-order valence-corrected chi connectivity index (χ4v) is 1.57. The number of anilines is 1. The van der Waals surface area contributed by atoms with E-state index in [1.807, 2.05) is 0 Å². The van der Waals surface area contributed by atoms with E-state index in [9.17, 15) is 9.18 Å². The second-order valence-corrected chi connectivity index (χ2v) is 3.97. The van der Waals surface area contributed by atoms with Crippen molar-refractivity contribution in [3.8, 4) is 0 Å². The van der Waals surface area contributed by atoms with Gasteiger partial charge in [0, 0.05) is 5.69 Å². The maximum atomic E-state index is 12.6. The maximum absolute atomic E-state index is 12.6. The smallest absolute Gasteiger partial charge is 0.244 e. The molecule has 1 fully saturated rings. The van der Waals surface area contributed by atoms with E-state index in [0.717, 1.165) is 19.3 Å². The highest BCUT2D eigenvalue weighted by Crippen LogP contribution is 2.30. The molecule has 0 aromatic heterocycles. The lowest BCUT2D eigenvalue weighted by molar-refractivity contribution is -0.123. The van der Waals surface area contributed by atoms with Crippen molar-refractivity contribution in [2.45, 2.75) is 24.8 Å². The molecule has 0 heterocycles. The molecule has 1 aromatic carbocycles. The molecule has 1 amide bonds. The zero-order valence-corrected chi connectivity index (χ0v) is 9.52. The summed E-state index contributed by atoms with van der Waals surface area (Å²) in [5, 5.41) is 2.68. The first kappa shape index (κ1) is 12.9. The van der Waals surface area contributed by atoms with Crippen molar-refractivity contribution in [1.29, 1.82) is 0 Å². The van der Waals surface area contributed by atoms with Crippen LogP contribution in [-0.4, -0.2) is 11.4 Å². The van der Waals surface area contributed by atoms with Gasteiger partial charge in [0.05, 0.1) is 5.54 Å². The third-order valence-electron chi connectivity index (χ3n) is 2.80. The molecule has 1 aliphatic rings. The van der Waals surface area contributed by atoms with Crippen LogP contribution >= 0.6 is 12.4 Å². The van der Waals surface area contributed by atoms with Gasteiger partial charge in [-0.15, -0.1) is 12.4 Å². The standard InChI is InChI=1S/C11H13FN2O.ClH/c12-8-2-4-9(5-3-8)14-10(15)11(13)6-1-7-11;/h2-5H,1,6-7,13H2,(H,14,15);1H. The van der Waals surface area contributed by atoms with Crippen molar-refractivity contribution in [2.24, 2.45) is 5.73 Å². The number of carbonyl (C=O) groups excluding carboxylic acids is 1. The van der Waals surface area contributed by atoms with Crippen molar-refractivity contribution >= 4 is 24.0 Å². The zero-order valence-electron chi connectivity index (χ0n) is 8.70. The molecular weight excluding hydrogens is 231 g/mol. The van der Waals surface area contributed by atoms with Crippen molar-refractivity contribution < 1.29 is 9.18 Å². The monoisotopic (exact) mass is 244 g/mol. The average Bonchev–Trinajstić information content (AvgIpc) is 2.18. The van der Waals surface area contributed by atoms with Gasteiger partial charge in [0.2, 0.25) is 5.91 Å². The van der Waals surface area contributed by atoms with E-state index in [-0.39, 0.29) is 24.1 Å². The Hall–Kier alpha value is -1.13. The first-order chi connectivity index (χ1) is 7.10. The summed E-state index contributed by atoms with van der Waals surface area (Å²) in [5.74, 6) is -0.500. The van der Waals surface area contributed by atoms with Crippen LogP contribution in [0, 0.1) is 5.82 Å². The minimum Gasteiger partial charge on any atom is -0.324 e. The summed E-state index contributed by atoms with van der Waals surface area (Å²) in [4.78, 5) is 11.7. The summed E-state index contributed by atoms with van der Waals surface area (Å²) in [6.45, 7) is 0. The van der Waals surface area contributed by atoms with Crippen molar-refractivity contribution in [1.82, 2.24) is 0 Å². The van der Waals surface area contributed by atoms with Crippen molar-refractivity contribution in [2.75, 3.05) is 5.32 Å². The molecule has 16 heavy (non-hydrogen) atoms. The molecule has 0 saturated heterocycles. The third-order valence-corrected chi connectivity index (χ3v) is 2.80. The quantitative estimate of drug-likeness (QED) is 0.837. The van der Waals surface area contributed by atoms with E-state index < -0.39 is 5.54 Å². The van der Waals surface area contributed by atoms with Crippen molar-refractivity contribution in [3.63, 3.8) is 0 Å². The molecule has 0 unspecified atom stereocenters. The largest absolute Gasteiger partial charge is 0.324 e. The molecule has 0 bridgehead atoms. The number of rotatable bonds is 2. The van der Waals surface area contributed by atoms with E-state index in [1.54, 1.807) is 0 Å². The van der Waals surface area contributed by atoms with Crippen LogP contribution in [0.15, 0.2) is 24.3 Å². The summed E-state index contributed by atoms with van der Waals surface area (Å²) in [7, 11) is 0. The molecule has 0 radical (unpaired) electrons. The molecule has 5 heteroatoms. The molecule has 2 rings (SSSR count). The molecule has 1 aliphatic carbocycles. The number of nitrogens with two attached hydrogens (primary N) is 1. The van der Waals surface area contributed by atoms with E-state index >= 15 is 0 Å². The molecule has 3 N–H and O–H groups in total. The molecule has 88 valence electrons. The molecule has 1 saturated carbocycles. The second-order valence-electron chi connectivity index (χ2n) is 3.97. The molecule has 0 atom stereocenters. The minimum absolute atomic E-state index is 0. The van der Waals surface area contributed by atoms with Crippen molar-refractivity contribution in [3.05, 3.63) is 30.1 Å². The van der Waals surface area contributed by atoms with Gasteiger partial charge >= 0.3 is 0 Å². The summed E-state index contributed by atoms with van der Waals surface area (Å²) >= 11 is 0. The SMILES string of the molecule is Cl.NC1(C(=O)Nc2ccc(F)cc2)CCC1. The van der Waals surface area contributed by atoms with E-state index in [0.29, 0.717) is 5.69 Å². The van der Waals surface area contributed by atoms with E-state index in [4.69, 9.17) is 5.73 Å². The van der Waals surface area contributed by atoms with Gasteiger partial charge in [-0.1, -0.05) is 0 Å². The summed E-state index contributed by atoms with van der Waals surface area (Å²) in [5.41, 5.74) is 5.71. The molecule has 3 nitrogen and oxygen atoms in total. The summed E-state index contributed by atoms with van der Waals surface area (Å²) < 4.78 is 12.6. The van der Waals surface area contributed by atoms with Crippen LogP contribution < -0.4 is 11.1 Å². The Kier molecular flexibility index (Phi) is 3.88. The van der Waals surface area contributed by atoms with Crippen LogP contribution in [0.5, 0.6) is 0 Å². The number of carbonyl (C=O) groups is 1. The van der Waals surface area contributed by atoms with Crippen LogP contribution in [0.25, 0.3) is 0 Å². The first-order valence-electron chi connectivity index (χ1n) is 4.96. The Labute approximate surface area is 99.6 Å². The number of amides is 1. The van der Waals surface area contributed by atoms with Gasteiger partial charge in [-0.2, -0.15) is 0 Å². The minimum atomic E-state index is -0.714. The van der Waals surface area contributed by atoms with Crippen LogP contribution in [0.4, 0.5) is 10.1 Å². The highest BCUT2D eigenvalue weighted by molar-refractivity contribution is 5.98. The normalized spacial score (nSPS) is 16.9. The average molecular weight is 245 g/mol. The molecule has 0 aliphatic heterocycles. The van der Waals surface area contributed by atoms with Gasteiger partial charge in [-0.05, 0) is 43.5 Å². The zero-order chi connectivity index (χ0) is 10.9. The molecular formula is C11H14ClFN2O. The Morgan fingerprint density at radius 3 is 2.31 bits per heavy atom. The topological polar surface area (TPSA) is 55.1 Å². The third kappa shape index (κ3) is 2.51. The van der Waals surface area contributed by atoms with E-state index in [1.165, 1.54) is 24.3 Å². The summed E-state index contributed by atoms with van der Waals surface area (Å²) in [6, 6.07) is 5.66. The number of nitrogens with one attached hydrogen (secondary N) is 1. The fraction of sp³-hybridized carbons (Fsp3) is 0.364. The van der Waals surface area contributed by atoms with Gasteiger partial charge in [-0.25, -0.2) is 4.39 Å². The van der Waals surface area contributed by atoms with Gasteiger partial charge in [0.15, 0.2) is 0 Å². The predicted molar refractivity (Wildman–Crippen MR) is 63.0 cm³/mol. The second kappa shape index (κ2) is 4.80. The van der Waals surface area contributed by atoms with E-state index in [2.05, 4.69) is 5.32 Å². The Balaban J connectivity index is 0.00000128. The lowest BCUT2D eigenvalue weighted by atomic mass is 9.77. The Morgan fingerprint density at radius 1 is 1.31 bits per heavy atom. The highest BCUT2D eigenvalue weighted by Gasteiger charge is 2.39. The maximum Gasteiger partial charge on any atom is 0.244 e. The fourth-order valence-electron chi connectivity index (χ4n) is 1.57. The Morgan fingerprint density at radius 2 is 1.88 bits per heavy atom. The van der Waals surface area contributed by atoms with Crippen LogP contribution in [0.3, 0.4) is 0 Å². The number of hydrogen-bond donors (Lipinski definition) is 2. The number of halogens is 2. The van der Waals surface area contributed by atoms with Gasteiger partial charge < -0.3 is 11.1 Å². The molecule has 1 aromatic rings. The van der Waals surface area contributed by atoms with Gasteiger partial charge in [0.25, 0.3) is 0 Å². The number of benzene rings is 1. The van der Waals surface area contributed by atoms with Gasteiger partial charge in [-0.3, -0.25) is 4.79 Å². The number of hydrogen-bond acceptors (Lipinski definition) is 2. The first-order valence-corrected chi connectivity index (χ1v) is 4.96. The van der Waals surface area contributed by atoms with Crippen LogP contribution in [-0.2, 0) is 4.79 Å². The highest BCUT2D eigenvalue weighted by atomic mass is 35.5. The summed E-state index contributed by atoms with van der Waals surface area (Å²) in [6.07, 6.45) is 2.44. The van der Waals surface area contributed by atoms with Crippen LogP contribution in [0.2, 0.25) is 0 Å². The van der Waals surface area contributed by atoms with Crippen LogP contribution in [0.1, 0.15) is 19.3 Å². The predicted octanol–water partition coefficient (Wildman–Crippen LogP) is 2.07. The van der Waals surface area contributed by atoms with Gasteiger partial charge in [0.1, 0.15) is 5.82 Å².